The maximum atomic E-state index is 6.41. The van der Waals surface area contributed by atoms with Gasteiger partial charge in [-0.1, -0.05) is 32.6 Å². The molecule has 1 saturated carbocycles. The van der Waals surface area contributed by atoms with Crippen molar-refractivity contribution in [1.82, 2.24) is 4.90 Å². The van der Waals surface area contributed by atoms with Gasteiger partial charge in [0.2, 0.25) is 0 Å². The molecule has 3 unspecified atom stereocenters. The summed E-state index contributed by atoms with van der Waals surface area (Å²) >= 11 is 12.8. The predicted octanol–water partition coefficient (Wildman–Crippen LogP) is 3.90. The van der Waals surface area contributed by atoms with Gasteiger partial charge in [-0.2, -0.15) is 0 Å². The second-order valence-corrected chi connectivity index (χ2v) is 10.6. The van der Waals surface area contributed by atoms with Crippen LogP contribution in [0.25, 0.3) is 0 Å². The van der Waals surface area contributed by atoms with Gasteiger partial charge in [0.25, 0.3) is 7.42 Å². The van der Waals surface area contributed by atoms with Gasteiger partial charge in [0, 0.05) is 5.67 Å². The lowest BCUT2D eigenvalue weighted by molar-refractivity contribution is 0.0621. The zero-order chi connectivity index (χ0) is 12.3. The van der Waals surface area contributed by atoms with Crippen molar-refractivity contribution in [2.75, 3.05) is 13.1 Å². The van der Waals surface area contributed by atoms with E-state index in [9.17, 15) is 0 Å². The Kier molecular flexibility index (Phi) is 5.66. The van der Waals surface area contributed by atoms with Gasteiger partial charge in [0.15, 0.2) is 0 Å². The number of likely N-dealkylation sites (tertiary alicyclic amines) is 1. The third kappa shape index (κ3) is 3.40. The lowest BCUT2D eigenvalue weighted by Gasteiger charge is -2.48. The van der Waals surface area contributed by atoms with Crippen LogP contribution in [0.5, 0.6) is 0 Å². The molecule has 0 amide bonds. The number of fused-ring (bicyclic) bond motifs is 1. The summed E-state index contributed by atoms with van der Waals surface area (Å²) in [5.74, 6) is 1.75. The Balaban J connectivity index is 2.02. The normalized spacial score (nSPS) is 34.9. The van der Waals surface area contributed by atoms with E-state index in [1.54, 1.807) is 0 Å². The van der Waals surface area contributed by atoms with Gasteiger partial charge in [0.05, 0.1) is 0 Å². The number of piperidine rings is 1. The first-order valence-electron chi connectivity index (χ1n) is 7.26. The van der Waals surface area contributed by atoms with Gasteiger partial charge in [-0.3, -0.25) is 0 Å². The van der Waals surface area contributed by atoms with Crippen LogP contribution >= 0.6 is 22.2 Å². The molecule has 0 N–H and O–H groups in total. The van der Waals surface area contributed by atoms with E-state index < -0.39 is 7.42 Å². The Labute approximate surface area is 117 Å². The van der Waals surface area contributed by atoms with Crippen molar-refractivity contribution >= 4 is 29.6 Å². The van der Waals surface area contributed by atoms with Crippen LogP contribution in [0.1, 0.15) is 51.9 Å². The first-order chi connectivity index (χ1) is 8.24. The first kappa shape index (κ1) is 14.2. The third-order valence-electron chi connectivity index (χ3n) is 4.67. The van der Waals surface area contributed by atoms with Crippen LogP contribution in [0, 0.1) is 11.8 Å². The Morgan fingerprint density at radius 3 is 2.65 bits per heavy atom. The van der Waals surface area contributed by atoms with Crippen LogP contribution in [-0.4, -0.2) is 31.1 Å². The van der Waals surface area contributed by atoms with Gasteiger partial charge in [-0.15, -0.1) is 22.2 Å². The second-order valence-electron chi connectivity index (χ2n) is 5.71. The second kappa shape index (κ2) is 6.79. The summed E-state index contributed by atoms with van der Waals surface area (Å²) in [7, 11) is -1.58. The highest BCUT2D eigenvalue weighted by molar-refractivity contribution is 7.34. The molecule has 17 heavy (non-hydrogen) atoms. The minimum atomic E-state index is -1.58. The summed E-state index contributed by atoms with van der Waals surface area (Å²) in [5, 5.41) is 0. The van der Waals surface area contributed by atoms with Crippen LogP contribution in [0.4, 0.5) is 0 Å². The van der Waals surface area contributed by atoms with E-state index in [0.29, 0.717) is 5.67 Å². The van der Waals surface area contributed by atoms with Crippen molar-refractivity contribution < 1.29 is 0 Å². The van der Waals surface area contributed by atoms with Crippen molar-refractivity contribution in [2.45, 2.75) is 57.5 Å². The molecular formula is C13H25Cl2NSi. The van der Waals surface area contributed by atoms with Gasteiger partial charge < -0.3 is 4.90 Å². The van der Waals surface area contributed by atoms with Crippen molar-refractivity contribution in [3.63, 3.8) is 0 Å². The fraction of sp³-hybridized carbons (Fsp3) is 1.00. The number of halogens is 2. The molecule has 0 radical (unpaired) electrons. The average molecular weight is 294 g/mol. The Morgan fingerprint density at radius 2 is 1.94 bits per heavy atom. The number of unbranched alkanes of at least 4 members (excludes halogenated alkanes) is 1. The molecule has 2 aliphatic rings. The maximum Gasteiger partial charge on any atom is 0.253 e. The average Bonchev–Trinajstić information content (AvgIpc) is 2.35. The monoisotopic (exact) mass is 293 g/mol. The molecular weight excluding hydrogens is 269 g/mol. The maximum absolute atomic E-state index is 6.41. The summed E-state index contributed by atoms with van der Waals surface area (Å²) in [6, 6.07) is 0. The van der Waals surface area contributed by atoms with E-state index in [1.807, 2.05) is 0 Å². The number of hydrogen-bond acceptors (Lipinski definition) is 1. The standard InChI is InChI=1S/C13H25Cl2NSi/c1-2-3-9-16-10-8-11-6-4-5-7-12(11)13(16)17(14)15/h11-13,17H,2-10H2,1H3. The Morgan fingerprint density at radius 1 is 1.18 bits per heavy atom. The lowest BCUT2D eigenvalue weighted by Crippen LogP contribution is -2.54. The molecule has 4 heteroatoms. The molecule has 2 fully saturated rings. The van der Waals surface area contributed by atoms with Gasteiger partial charge in [0.1, 0.15) is 0 Å². The van der Waals surface area contributed by atoms with E-state index in [-0.39, 0.29) is 0 Å². The number of hydrogen-bond donors (Lipinski definition) is 0. The smallest absolute Gasteiger partial charge is 0.253 e. The zero-order valence-electron chi connectivity index (χ0n) is 10.9. The van der Waals surface area contributed by atoms with Gasteiger partial charge in [-0.25, -0.2) is 0 Å². The molecule has 1 aliphatic carbocycles. The minimum absolute atomic E-state index is 0.559. The molecule has 1 aliphatic heterocycles. The van der Waals surface area contributed by atoms with Gasteiger partial charge in [-0.05, 0) is 44.2 Å². The molecule has 2 rings (SSSR count). The molecule has 0 aromatic carbocycles. The van der Waals surface area contributed by atoms with Crippen LogP contribution in [0.3, 0.4) is 0 Å². The van der Waals surface area contributed by atoms with Crippen LogP contribution in [0.15, 0.2) is 0 Å². The SMILES string of the molecule is CCCCN1CCC2CCCCC2C1[SiH](Cl)Cl. The predicted molar refractivity (Wildman–Crippen MR) is 79.2 cm³/mol. The Bertz CT molecular complexity index is 237. The Hall–Kier alpha value is 0.757. The molecule has 0 spiro atoms. The van der Waals surface area contributed by atoms with Crippen LogP contribution in [-0.2, 0) is 0 Å². The van der Waals surface area contributed by atoms with E-state index in [4.69, 9.17) is 22.2 Å². The fourth-order valence-electron chi connectivity index (χ4n) is 3.76. The molecule has 0 aromatic heterocycles. The molecule has 0 aromatic rings. The van der Waals surface area contributed by atoms with E-state index in [1.165, 1.54) is 58.0 Å². The molecule has 1 saturated heterocycles. The quantitative estimate of drug-likeness (QED) is 0.561. The molecule has 0 bridgehead atoms. The van der Waals surface area contributed by atoms with Crippen molar-refractivity contribution in [1.29, 1.82) is 0 Å². The highest BCUT2D eigenvalue weighted by atomic mass is 35.7. The van der Waals surface area contributed by atoms with E-state index >= 15 is 0 Å². The minimum Gasteiger partial charge on any atom is -0.301 e. The van der Waals surface area contributed by atoms with Crippen LogP contribution < -0.4 is 0 Å². The highest BCUT2D eigenvalue weighted by Crippen LogP contribution is 2.41. The zero-order valence-corrected chi connectivity index (χ0v) is 13.5. The topological polar surface area (TPSA) is 3.24 Å². The summed E-state index contributed by atoms with van der Waals surface area (Å²) in [6.45, 7) is 4.72. The summed E-state index contributed by atoms with van der Waals surface area (Å²) in [6.07, 6.45) is 9.59. The summed E-state index contributed by atoms with van der Waals surface area (Å²) < 4.78 is 0. The first-order valence-corrected chi connectivity index (χ1v) is 11.4. The number of nitrogens with zero attached hydrogens (tertiary/aromatic N) is 1. The molecule has 1 heterocycles. The fourth-order valence-corrected chi connectivity index (χ4v) is 7.34. The van der Waals surface area contributed by atoms with Crippen molar-refractivity contribution in [3.8, 4) is 0 Å². The van der Waals surface area contributed by atoms with Crippen molar-refractivity contribution in [3.05, 3.63) is 0 Å². The molecule has 3 atom stereocenters. The highest BCUT2D eigenvalue weighted by Gasteiger charge is 2.42. The number of rotatable bonds is 4. The van der Waals surface area contributed by atoms with E-state index in [2.05, 4.69) is 11.8 Å². The molecule has 1 nitrogen and oxygen atoms in total. The summed E-state index contributed by atoms with van der Waals surface area (Å²) in [5.41, 5.74) is 0.559. The van der Waals surface area contributed by atoms with Gasteiger partial charge >= 0.3 is 0 Å². The summed E-state index contributed by atoms with van der Waals surface area (Å²) in [4.78, 5) is 2.63. The van der Waals surface area contributed by atoms with Crippen LogP contribution in [0.2, 0.25) is 0 Å². The van der Waals surface area contributed by atoms with E-state index in [0.717, 1.165) is 11.8 Å². The lowest BCUT2D eigenvalue weighted by atomic mass is 9.75. The largest absolute Gasteiger partial charge is 0.301 e. The molecule has 100 valence electrons. The third-order valence-corrected chi connectivity index (χ3v) is 7.65. The van der Waals surface area contributed by atoms with Crippen molar-refractivity contribution in [2.24, 2.45) is 11.8 Å².